The first-order valence-electron chi connectivity index (χ1n) is 7.15. The molecule has 1 N–H and O–H groups in total. The zero-order valence-electron chi connectivity index (χ0n) is 11.8. The lowest BCUT2D eigenvalue weighted by Crippen LogP contribution is -2.48. The number of sulfonamides is 1. The predicted molar refractivity (Wildman–Crippen MR) is 77.2 cm³/mol. The van der Waals surface area contributed by atoms with Gasteiger partial charge in [0, 0.05) is 19.0 Å². The number of hydrogen-bond donors (Lipinski definition) is 1. The Balaban J connectivity index is 2.14. The highest BCUT2D eigenvalue weighted by atomic mass is 32.2. The molecule has 0 aromatic carbocycles. The van der Waals surface area contributed by atoms with Gasteiger partial charge < -0.3 is 5.11 Å². The van der Waals surface area contributed by atoms with E-state index in [4.69, 9.17) is 5.11 Å². The maximum atomic E-state index is 12.6. The highest BCUT2D eigenvalue weighted by molar-refractivity contribution is 7.95. The van der Waals surface area contributed by atoms with E-state index >= 15 is 0 Å². The number of carboxylic acid groups (broad SMARTS) is 1. The first kappa shape index (κ1) is 16.7. The Morgan fingerprint density at radius 3 is 2.52 bits per heavy atom. The highest BCUT2D eigenvalue weighted by Crippen LogP contribution is 2.29. The molecule has 2 saturated heterocycles. The fourth-order valence-electron chi connectivity index (χ4n) is 3.07. The standard InChI is InChI=1S/C12H21NO6S2/c14-12(15)5-4-10-3-1-2-7-13(10)21(18,19)11-6-8-20(16,17)9-11/h10-11H,1-9H2,(H,14,15). The molecular weight excluding hydrogens is 318 g/mol. The molecule has 2 aliphatic rings. The fourth-order valence-corrected chi connectivity index (χ4v) is 7.89. The predicted octanol–water partition coefficient (Wildman–Crippen LogP) is 0.223. The molecule has 21 heavy (non-hydrogen) atoms. The second-order valence-corrected chi connectivity index (χ2v) is 10.2. The van der Waals surface area contributed by atoms with Crippen molar-refractivity contribution in [2.45, 2.75) is 49.8 Å². The first-order chi connectivity index (χ1) is 9.72. The Labute approximate surface area is 125 Å². The molecule has 2 aliphatic heterocycles. The minimum atomic E-state index is -3.67. The third kappa shape index (κ3) is 3.95. The Morgan fingerprint density at radius 2 is 1.95 bits per heavy atom. The van der Waals surface area contributed by atoms with Crippen molar-refractivity contribution in [3.63, 3.8) is 0 Å². The van der Waals surface area contributed by atoms with E-state index in [9.17, 15) is 21.6 Å². The molecule has 0 amide bonds. The summed E-state index contributed by atoms with van der Waals surface area (Å²) in [6, 6.07) is -0.317. The average molecular weight is 339 g/mol. The summed E-state index contributed by atoms with van der Waals surface area (Å²) in [7, 11) is -6.93. The largest absolute Gasteiger partial charge is 0.481 e. The quantitative estimate of drug-likeness (QED) is 0.767. The third-order valence-corrected chi connectivity index (χ3v) is 8.56. The zero-order valence-corrected chi connectivity index (χ0v) is 13.4. The van der Waals surface area contributed by atoms with Gasteiger partial charge in [-0.05, 0) is 25.7 Å². The number of carbonyl (C=O) groups is 1. The van der Waals surface area contributed by atoms with Crippen LogP contribution in [-0.4, -0.2) is 61.6 Å². The molecule has 0 spiro atoms. The van der Waals surface area contributed by atoms with Gasteiger partial charge in [-0.15, -0.1) is 0 Å². The number of carboxylic acids is 1. The van der Waals surface area contributed by atoms with Crippen LogP contribution in [0, 0.1) is 0 Å². The summed E-state index contributed by atoms with van der Waals surface area (Å²) in [5.74, 6) is -1.33. The lowest BCUT2D eigenvalue weighted by Gasteiger charge is -2.36. The summed E-state index contributed by atoms with van der Waals surface area (Å²) in [6.07, 6.45) is 2.62. The van der Waals surface area contributed by atoms with Crippen LogP contribution in [0.15, 0.2) is 0 Å². The Kier molecular flexibility index (Phi) is 4.94. The number of nitrogens with zero attached hydrogens (tertiary/aromatic N) is 1. The van der Waals surface area contributed by atoms with Gasteiger partial charge in [-0.2, -0.15) is 4.31 Å². The molecule has 0 aromatic rings. The van der Waals surface area contributed by atoms with E-state index in [1.54, 1.807) is 0 Å². The maximum absolute atomic E-state index is 12.6. The van der Waals surface area contributed by atoms with Crippen molar-refractivity contribution in [3.05, 3.63) is 0 Å². The molecular formula is C12H21NO6S2. The second-order valence-electron chi connectivity index (χ2n) is 5.76. The second kappa shape index (κ2) is 6.21. The summed E-state index contributed by atoms with van der Waals surface area (Å²) < 4.78 is 49.7. The van der Waals surface area contributed by atoms with Crippen molar-refractivity contribution in [1.82, 2.24) is 4.31 Å². The van der Waals surface area contributed by atoms with Crippen LogP contribution in [-0.2, 0) is 24.7 Å². The van der Waals surface area contributed by atoms with Crippen molar-refractivity contribution in [1.29, 1.82) is 0 Å². The number of rotatable bonds is 5. The Hall–Kier alpha value is -0.670. The summed E-state index contributed by atoms with van der Waals surface area (Å²) in [5, 5.41) is 7.90. The van der Waals surface area contributed by atoms with Crippen molar-refractivity contribution >= 4 is 25.8 Å². The van der Waals surface area contributed by atoms with E-state index in [1.807, 2.05) is 0 Å². The SMILES string of the molecule is O=C(O)CCC1CCCCN1S(=O)(=O)C1CCS(=O)(=O)C1. The maximum Gasteiger partial charge on any atom is 0.303 e. The molecule has 0 radical (unpaired) electrons. The average Bonchev–Trinajstić information content (AvgIpc) is 2.78. The molecule has 0 aromatic heterocycles. The Bertz CT molecular complexity index is 597. The molecule has 0 saturated carbocycles. The van der Waals surface area contributed by atoms with E-state index in [2.05, 4.69) is 0 Å². The van der Waals surface area contributed by atoms with Gasteiger partial charge in [0.2, 0.25) is 10.0 Å². The lowest BCUT2D eigenvalue weighted by molar-refractivity contribution is -0.137. The molecule has 2 atom stereocenters. The minimum Gasteiger partial charge on any atom is -0.481 e. The number of hydrogen-bond acceptors (Lipinski definition) is 5. The van der Waals surface area contributed by atoms with Crippen molar-refractivity contribution in [2.75, 3.05) is 18.1 Å². The monoisotopic (exact) mass is 339 g/mol. The van der Waals surface area contributed by atoms with Crippen LogP contribution in [0.4, 0.5) is 0 Å². The van der Waals surface area contributed by atoms with Crippen LogP contribution in [0.25, 0.3) is 0 Å². The van der Waals surface area contributed by atoms with E-state index in [-0.39, 0.29) is 36.8 Å². The number of sulfone groups is 1. The summed E-state index contributed by atoms with van der Waals surface area (Å²) in [6.45, 7) is 0.364. The first-order valence-corrected chi connectivity index (χ1v) is 10.5. The van der Waals surface area contributed by atoms with Crippen LogP contribution in [0.1, 0.15) is 38.5 Å². The summed E-state index contributed by atoms with van der Waals surface area (Å²) >= 11 is 0. The van der Waals surface area contributed by atoms with Crippen molar-refractivity contribution < 1.29 is 26.7 Å². The molecule has 2 heterocycles. The van der Waals surface area contributed by atoms with Crippen LogP contribution in [0.3, 0.4) is 0 Å². The van der Waals surface area contributed by atoms with Crippen LogP contribution in [0.5, 0.6) is 0 Å². The summed E-state index contributed by atoms with van der Waals surface area (Å²) in [5.41, 5.74) is 0. The Morgan fingerprint density at radius 1 is 1.24 bits per heavy atom. The van der Waals surface area contributed by atoms with Crippen LogP contribution < -0.4 is 0 Å². The van der Waals surface area contributed by atoms with Crippen molar-refractivity contribution in [2.24, 2.45) is 0 Å². The topological polar surface area (TPSA) is 109 Å². The van der Waals surface area contributed by atoms with Gasteiger partial charge >= 0.3 is 5.97 Å². The van der Waals surface area contributed by atoms with E-state index in [0.29, 0.717) is 13.0 Å². The third-order valence-electron chi connectivity index (χ3n) is 4.20. The molecule has 122 valence electrons. The van der Waals surface area contributed by atoms with Crippen LogP contribution in [0.2, 0.25) is 0 Å². The van der Waals surface area contributed by atoms with Gasteiger partial charge in [0.05, 0.1) is 16.8 Å². The number of aliphatic carboxylic acids is 1. The molecule has 2 fully saturated rings. The van der Waals surface area contributed by atoms with Gasteiger partial charge in [0.1, 0.15) is 0 Å². The van der Waals surface area contributed by atoms with Gasteiger partial charge in [-0.3, -0.25) is 4.79 Å². The minimum absolute atomic E-state index is 0.0698. The number of piperidine rings is 1. The molecule has 7 nitrogen and oxygen atoms in total. The highest BCUT2D eigenvalue weighted by Gasteiger charge is 2.43. The molecule has 2 unspecified atom stereocenters. The molecule has 2 rings (SSSR count). The van der Waals surface area contributed by atoms with Crippen LogP contribution >= 0.6 is 0 Å². The smallest absolute Gasteiger partial charge is 0.303 e. The van der Waals surface area contributed by atoms with Gasteiger partial charge in [0.25, 0.3) is 0 Å². The van der Waals surface area contributed by atoms with Gasteiger partial charge in [-0.25, -0.2) is 16.8 Å². The molecule has 9 heteroatoms. The van der Waals surface area contributed by atoms with E-state index in [1.165, 1.54) is 4.31 Å². The normalized spacial score (nSPS) is 30.3. The molecule has 0 bridgehead atoms. The van der Waals surface area contributed by atoms with Gasteiger partial charge in [-0.1, -0.05) is 6.42 Å². The van der Waals surface area contributed by atoms with Gasteiger partial charge in [0.15, 0.2) is 9.84 Å². The fraction of sp³-hybridized carbons (Fsp3) is 0.917. The lowest BCUT2D eigenvalue weighted by atomic mass is 10.0. The van der Waals surface area contributed by atoms with E-state index < -0.39 is 31.1 Å². The summed E-state index contributed by atoms with van der Waals surface area (Å²) in [4.78, 5) is 10.7. The molecule has 0 aliphatic carbocycles. The van der Waals surface area contributed by atoms with Crippen molar-refractivity contribution in [3.8, 4) is 0 Å². The van der Waals surface area contributed by atoms with E-state index in [0.717, 1.165) is 12.8 Å². The zero-order chi connectivity index (χ0) is 15.7.